The van der Waals surface area contributed by atoms with Crippen LogP contribution in [0.4, 0.5) is 0 Å². The molecule has 0 saturated carbocycles. The SMILES string of the molecule is CCC(C)C(N)C(=O)NC(CC(N)=O)C(=O)NC(Cc1c[nH]c2ccccc12)C(=O)O. The molecule has 0 bridgehead atoms. The minimum atomic E-state index is -1.33. The minimum Gasteiger partial charge on any atom is -0.480 e. The molecule has 2 aromatic rings. The molecule has 1 aromatic heterocycles. The van der Waals surface area contributed by atoms with Crippen LogP contribution in [0.1, 0.15) is 32.3 Å². The summed E-state index contributed by atoms with van der Waals surface area (Å²) in [6.45, 7) is 3.66. The first-order chi connectivity index (χ1) is 14.6. The standard InChI is InChI=1S/C21H29N5O5/c1-3-11(2)18(23)20(29)25-15(9-17(22)27)19(28)26-16(21(30)31)8-12-10-24-14-7-5-4-6-13(12)14/h4-7,10-11,15-16,18,24H,3,8-9,23H2,1-2H3,(H2,22,27)(H,25,29)(H,26,28)(H,30,31). The van der Waals surface area contributed by atoms with Gasteiger partial charge in [-0.05, 0) is 17.5 Å². The normalized spacial score (nSPS) is 14.9. The van der Waals surface area contributed by atoms with E-state index in [9.17, 15) is 24.3 Å². The first-order valence-corrected chi connectivity index (χ1v) is 10.1. The van der Waals surface area contributed by atoms with E-state index in [4.69, 9.17) is 11.5 Å². The summed E-state index contributed by atoms with van der Waals surface area (Å²) in [5.41, 5.74) is 12.6. The van der Waals surface area contributed by atoms with Crippen molar-refractivity contribution in [2.24, 2.45) is 17.4 Å². The minimum absolute atomic E-state index is 0.00864. The molecule has 2 rings (SSSR count). The van der Waals surface area contributed by atoms with Crippen molar-refractivity contribution in [1.29, 1.82) is 0 Å². The Morgan fingerprint density at radius 3 is 2.35 bits per heavy atom. The van der Waals surface area contributed by atoms with Crippen molar-refractivity contribution in [3.63, 3.8) is 0 Å². The molecule has 10 nitrogen and oxygen atoms in total. The topological polar surface area (TPSA) is 180 Å². The molecular weight excluding hydrogens is 402 g/mol. The average Bonchev–Trinajstić information content (AvgIpc) is 3.13. The first-order valence-electron chi connectivity index (χ1n) is 10.1. The fraction of sp³-hybridized carbons (Fsp3) is 0.429. The van der Waals surface area contributed by atoms with E-state index < -0.39 is 48.2 Å². The molecule has 0 aliphatic rings. The van der Waals surface area contributed by atoms with Crippen molar-refractivity contribution >= 4 is 34.6 Å². The summed E-state index contributed by atoms with van der Waals surface area (Å²) in [5.74, 6) is -3.65. The number of fused-ring (bicyclic) bond motifs is 1. The smallest absolute Gasteiger partial charge is 0.326 e. The van der Waals surface area contributed by atoms with Crippen molar-refractivity contribution in [3.05, 3.63) is 36.0 Å². The van der Waals surface area contributed by atoms with Gasteiger partial charge in [-0.15, -0.1) is 0 Å². The van der Waals surface area contributed by atoms with E-state index in [0.29, 0.717) is 12.0 Å². The molecule has 0 aliphatic carbocycles. The van der Waals surface area contributed by atoms with Gasteiger partial charge in [-0.25, -0.2) is 4.79 Å². The molecule has 0 spiro atoms. The predicted octanol–water partition coefficient (Wildman–Crippen LogP) is 0.0134. The molecule has 0 radical (unpaired) electrons. The van der Waals surface area contributed by atoms with Crippen molar-refractivity contribution in [2.75, 3.05) is 0 Å². The van der Waals surface area contributed by atoms with Crippen LogP contribution in [-0.2, 0) is 25.6 Å². The highest BCUT2D eigenvalue weighted by Crippen LogP contribution is 2.19. The van der Waals surface area contributed by atoms with Crippen LogP contribution in [0.3, 0.4) is 0 Å². The van der Waals surface area contributed by atoms with Crippen LogP contribution >= 0.6 is 0 Å². The molecule has 0 saturated heterocycles. The van der Waals surface area contributed by atoms with Crippen molar-refractivity contribution < 1.29 is 24.3 Å². The van der Waals surface area contributed by atoms with Crippen LogP contribution in [0, 0.1) is 5.92 Å². The van der Waals surface area contributed by atoms with Gasteiger partial charge in [0.15, 0.2) is 0 Å². The molecule has 168 valence electrons. The number of aromatic nitrogens is 1. The molecule has 10 heteroatoms. The summed E-state index contributed by atoms with van der Waals surface area (Å²) in [6.07, 6.45) is 1.85. The number of H-pyrrole nitrogens is 1. The molecule has 1 heterocycles. The Hall–Kier alpha value is -3.40. The number of hydrogen-bond donors (Lipinski definition) is 6. The number of carboxylic acid groups (broad SMARTS) is 1. The molecule has 0 aliphatic heterocycles. The second-order valence-electron chi connectivity index (χ2n) is 7.61. The number of amides is 3. The summed E-state index contributed by atoms with van der Waals surface area (Å²) < 4.78 is 0. The summed E-state index contributed by atoms with van der Waals surface area (Å²) in [5, 5.41) is 15.3. The Balaban J connectivity index is 2.15. The number of carbonyl (C=O) groups is 4. The zero-order valence-corrected chi connectivity index (χ0v) is 17.6. The van der Waals surface area contributed by atoms with Gasteiger partial charge in [-0.1, -0.05) is 38.5 Å². The fourth-order valence-electron chi connectivity index (χ4n) is 3.18. The largest absolute Gasteiger partial charge is 0.480 e. The van der Waals surface area contributed by atoms with Crippen molar-refractivity contribution in [3.8, 4) is 0 Å². The summed E-state index contributed by atoms with van der Waals surface area (Å²) in [7, 11) is 0. The second-order valence-corrected chi connectivity index (χ2v) is 7.61. The number of benzene rings is 1. The summed E-state index contributed by atoms with van der Waals surface area (Å²) in [6, 6.07) is 3.88. The highest BCUT2D eigenvalue weighted by atomic mass is 16.4. The average molecular weight is 431 g/mol. The van der Waals surface area contributed by atoms with Gasteiger partial charge in [-0.2, -0.15) is 0 Å². The number of aromatic amines is 1. The lowest BCUT2D eigenvalue weighted by molar-refractivity contribution is -0.142. The molecular formula is C21H29N5O5. The zero-order valence-electron chi connectivity index (χ0n) is 17.6. The van der Waals surface area contributed by atoms with E-state index >= 15 is 0 Å². The monoisotopic (exact) mass is 431 g/mol. The van der Waals surface area contributed by atoms with Gasteiger partial charge in [0.25, 0.3) is 0 Å². The molecule has 4 unspecified atom stereocenters. The number of rotatable bonds is 11. The number of nitrogens with one attached hydrogen (secondary N) is 3. The van der Waals surface area contributed by atoms with Gasteiger partial charge in [0, 0.05) is 23.5 Å². The maximum Gasteiger partial charge on any atom is 0.326 e. The van der Waals surface area contributed by atoms with E-state index in [-0.39, 0.29) is 12.3 Å². The van der Waals surface area contributed by atoms with Gasteiger partial charge in [0.1, 0.15) is 12.1 Å². The van der Waals surface area contributed by atoms with Gasteiger partial charge in [0.2, 0.25) is 17.7 Å². The second kappa shape index (κ2) is 10.6. The van der Waals surface area contributed by atoms with Gasteiger partial charge >= 0.3 is 5.97 Å². The third-order valence-corrected chi connectivity index (χ3v) is 5.31. The summed E-state index contributed by atoms with van der Waals surface area (Å²) >= 11 is 0. The van der Waals surface area contributed by atoms with E-state index in [1.54, 1.807) is 13.1 Å². The number of aliphatic carboxylic acids is 1. The van der Waals surface area contributed by atoms with Crippen LogP contribution in [-0.4, -0.2) is 51.9 Å². The van der Waals surface area contributed by atoms with E-state index in [0.717, 1.165) is 10.9 Å². The third-order valence-electron chi connectivity index (χ3n) is 5.31. The van der Waals surface area contributed by atoms with Crippen LogP contribution in [0.15, 0.2) is 30.5 Å². The van der Waals surface area contributed by atoms with Gasteiger partial charge < -0.3 is 32.2 Å². The maximum atomic E-state index is 12.7. The first kappa shape index (κ1) is 23.9. The number of carbonyl (C=O) groups excluding carboxylic acids is 3. The fourth-order valence-corrected chi connectivity index (χ4v) is 3.18. The quantitative estimate of drug-likeness (QED) is 0.291. The number of primary amides is 1. The van der Waals surface area contributed by atoms with E-state index in [2.05, 4.69) is 15.6 Å². The van der Waals surface area contributed by atoms with Crippen LogP contribution in [0.5, 0.6) is 0 Å². The van der Waals surface area contributed by atoms with Gasteiger partial charge in [0.05, 0.1) is 12.5 Å². The number of para-hydroxylation sites is 1. The molecule has 1 aromatic carbocycles. The van der Waals surface area contributed by atoms with Crippen molar-refractivity contribution in [1.82, 2.24) is 15.6 Å². The Bertz CT molecular complexity index is 957. The van der Waals surface area contributed by atoms with E-state index in [1.165, 1.54) is 0 Å². The number of nitrogens with two attached hydrogens (primary N) is 2. The lowest BCUT2D eigenvalue weighted by atomic mass is 9.98. The van der Waals surface area contributed by atoms with Gasteiger partial charge in [-0.3, -0.25) is 14.4 Å². The van der Waals surface area contributed by atoms with E-state index in [1.807, 2.05) is 31.2 Å². The molecule has 4 atom stereocenters. The Kier molecular flexibility index (Phi) is 8.14. The number of carboxylic acids is 1. The third kappa shape index (κ3) is 6.29. The van der Waals surface area contributed by atoms with Crippen LogP contribution in [0.25, 0.3) is 10.9 Å². The molecule has 8 N–H and O–H groups in total. The van der Waals surface area contributed by atoms with Crippen molar-refractivity contribution in [2.45, 2.75) is 51.2 Å². The lowest BCUT2D eigenvalue weighted by Crippen LogP contribution is -2.56. The number of hydrogen-bond acceptors (Lipinski definition) is 5. The predicted molar refractivity (Wildman–Crippen MR) is 115 cm³/mol. The Morgan fingerprint density at radius 2 is 1.74 bits per heavy atom. The zero-order chi connectivity index (χ0) is 23.1. The maximum absolute atomic E-state index is 12.7. The van der Waals surface area contributed by atoms with Crippen LogP contribution < -0.4 is 22.1 Å². The molecule has 3 amide bonds. The highest BCUT2D eigenvalue weighted by molar-refractivity contribution is 5.95. The lowest BCUT2D eigenvalue weighted by Gasteiger charge is -2.24. The Morgan fingerprint density at radius 1 is 1.10 bits per heavy atom. The van der Waals surface area contributed by atoms with Crippen LogP contribution in [0.2, 0.25) is 0 Å². The highest BCUT2D eigenvalue weighted by Gasteiger charge is 2.30. The Labute approximate surface area is 179 Å². The molecule has 31 heavy (non-hydrogen) atoms. The summed E-state index contributed by atoms with van der Waals surface area (Å²) in [4.78, 5) is 51.4. The molecule has 0 fully saturated rings.